The van der Waals surface area contributed by atoms with Crippen LogP contribution in [-0.2, 0) is 32.6 Å². The van der Waals surface area contributed by atoms with E-state index in [0.717, 1.165) is 5.92 Å². The smallest absolute Gasteiger partial charge is 0 e. The van der Waals surface area contributed by atoms with E-state index < -0.39 is 0 Å². The van der Waals surface area contributed by atoms with Crippen LogP contribution in [0.1, 0.15) is 18.4 Å². The molecule has 1 aliphatic rings. The first-order chi connectivity index (χ1) is 4.45. The van der Waals surface area contributed by atoms with Crippen LogP contribution in [0.3, 0.4) is 0 Å². The van der Waals surface area contributed by atoms with E-state index in [1.165, 1.54) is 24.8 Å². The molecule has 10 heavy (non-hydrogen) atoms. The van der Waals surface area contributed by atoms with Crippen LogP contribution in [0.2, 0.25) is 0 Å². The van der Waals surface area contributed by atoms with Crippen molar-refractivity contribution in [1.82, 2.24) is 0 Å². The van der Waals surface area contributed by atoms with Crippen LogP contribution in [0, 0.1) is 5.92 Å². The third-order valence-electron chi connectivity index (χ3n) is 1.95. The number of rotatable bonds is 2. The van der Waals surface area contributed by atoms with Gasteiger partial charge in [-0.15, -0.1) is 0 Å². The first kappa shape index (κ1) is 8.33. The van der Waals surface area contributed by atoms with E-state index in [1.54, 1.807) is 0 Å². The second kappa shape index (κ2) is 3.57. The molecular formula is C9H11Zr-. The van der Waals surface area contributed by atoms with Crippen molar-refractivity contribution in [2.45, 2.75) is 19.3 Å². The monoisotopic (exact) mass is 209 g/mol. The maximum absolute atomic E-state index is 2.22. The van der Waals surface area contributed by atoms with Gasteiger partial charge in [-0.05, 0) is 5.92 Å². The molecule has 1 aliphatic carbocycles. The fourth-order valence-electron chi connectivity index (χ4n) is 1.21. The minimum absolute atomic E-state index is 0. The van der Waals surface area contributed by atoms with Crippen molar-refractivity contribution < 1.29 is 26.2 Å². The summed E-state index contributed by atoms with van der Waals surface area (Å²) in [5, 5.41) is 0. The fourth-order valence-corrected chi connectivity index (χ4v) is 1.21. The molecule has 1 saturated carbocycles. The summed E-state index contributed by atoms with van der Waals surface area (Å²) >= 11 is 0. The molecule has 0 radical (unpaired) electrons. The van der Waals surface area contributed by atoms with Crippen molar-refractivity contribution in [2.75, 3.05) is 0 Å². The quantitative estimate of drug-likeness (QED) is 0.657. The van der Waals surface area contributed by atoms with Crippen LogP contribution >= 0.6 is 0 Å². The van der Waals surface area contributed by atoms with Crippen molar-refractivity contribution in [1.29, 1.82) is 0 Å². The molecular weight excluding hydrogens is 199 g/mol. The summed E-state index contributed by atoms with van der Waals surface area (Å²) in [5.74, 6) is 1.03. The summed E-state index contributed by atoms with van der Waals surface area (Å²) in [7, 11) is 0. The van der Waals surface area contributed by atoms with Gasteiger partial charge >= 0.3 is 0 Å². The molecule has 52 valence electrons. The largest absolute Gasteiger partial charge is 0.213 e. The van der Waals surface area contributed by atoms with Gasteiger partial charge in [0.1, 0.15) is 0 Å². The van der Waals surface area contributed by atoms with Crippen LogP contribution in [-0.4, -0.2) is 0 Å². The Morgan fingerprint density at radius 1 is 1.20 bits per heavy atom. The van der Waals surface area contributed by atoms with Gasteiger partial charge in [-0.3, -0.25) is 0 Å². The summed E-state index contributed by atoms with van der Waals surface area (Å²) in [4.78, 5) is 0. The van der Waals surface area contributed by atoms with Gasteiger partial charge in [-0.1, -0.05) is 19.3 Å². The Balaban J connectivity index is 0.000000500. The zero-order valence-electron chi connectivity index (χ0n) is 6.01. The first-order valence-corrected chi connectivity index (χ1v) is 3.66. The van der Waals surface area contributed by atoms with E-state index in [1.807, 2.05) is 0 Å². The Kier molecular flexibility index (Phi) is 2.98. The van der Waals surface area contributed by atoms with E-state index in [4.69, 9.17) is 0 Å². The normalized spacial score (nSPS) is 16.4. The Hall–Kier alpha value is 0.233. The molecule has 2 rings (SSSR count). The van der Waals surface area contributed by atoms with Crippen LogP contribution < -0.4 is 0 Å². The van der Waals surface area contributed by atoms with Crippen LogP contribution in [0.25, 0.3) is 0 Å². The van der Waals surface area contributed by atoms with Gasteiger partial charge in [0.05, 0.1) is 0 Å². The first-order valence-electron chi connectivity index (χ1n) is 3.66. The maximum atomic E-state index is 2.22. The Morgan fingerprint density at radius 3 is 2.30 bits per heavy atom. The van der Waals surface area contributed by atoms with Gasteiger partial charge in [0.15, 0.2) is 0 Å². The topological polar surface area (TPSA) is 0 Å². The van der Waals surface area contributed by atoms with Gasteiger partial charge in [0.25, 0.3) is 0 Å². The van der Waals surface area contributed by atoms with Crippen LogP contribution in [0.4, 0.5) is 0 Å². The van der Waals surface area contributed by atoms with E-state index in [-0.39, 0.29) is 26.2 Å². The molecule has 0 aliphatic heterocycles. The van der Waals surface area contributed by atoms with Crippen molar-refractivity contribution in [3.8, 4) is 0 Å². The van der Waals surface area contributed by atoms with E-state index in [9.17, 15) is 0 Å². The molecule has 0 N–H and O–H groups in total. The molecule has 0 spiro atoms. The molecule has 0 bridgehead atoms. The summed E-state index contributed by atoms with van der Waals surface area (Å²) < 4.78 is 0. The van der Waals surface area contributed by atoms with Crippen LogP contribution in [0.5, 0.6) is 0 Å². The number of hydrogen-bond donors (Lipinski definition) is 0. The predicted molar refractivity (Wildman–Crippen MR) is 38.5 cm³/mol. The second-order valence-corrected chi connectivity index (χ2v) is 2.94. The maximum Gasteiger partial charge on any atom is 0 e. The Labute approximate surface area is 81.1 Å². The van der Waals surface area contributed by atoms with E-state index in [0.29, 0.717) is 0 Å². The van der Waals surface area contributed by atoms with Crippen molar-refractivity contribution in [2.24, 2.45) is 5.92 Å². The molecule has 0 unspecified atom stereocenters. The summed E-state index contributed by atoms with van der Waals surface area (Å²) in [5.41, 5.74) is 1.53. The minimum atomic E-state index is 0. The minimum Gasteiger partial charge on any atom is -0.213 e. The molecule has 1 heteroatoms. The van der Waals surface area contributed by atoms with Gasteiger partial charge < -0.3 is 0 Å². The van der Waals surface area contributed by atoms with Gasteiger partial charge in [0, 0.05) is 26.2 Å². The zero-order chi connectivity index (χ0) is 6.10. The average Bonchev–Trinajstić information content (AvgIpc) is 2.46. The predicted octanol–water partition coefficient (Wildman–Crippen LogP) is 2.36. The second-order valence-electron chi connectivity index (χ2n) is 2.94. The van der Waals surface area contributed by atoms with E-state index in [2.05, 4.69) is 24.3 Å². The van der Waals surface area contributed by atoms with Crippen molar-refractivity contribution in [3.05, 3.63) is 29.8 Å². The standard InChI is InChI=1S/C9H11.Zr/c1-2-4-8(3-1)7-9-5-6-9;/h1-4,9H,5-7H2;/q-1;. The summed E-state index contributed by atoms with van der Waals surface area (Å²) in [6, 6.07) is 8.69. The summed E-state index contributed by atoms with van der Waals surface area (Å²) in [6.07, 6.45) is 4.25. The Bertz CT molecular complexity index is 173. The van der Waals surface area contributed by atoms with Gasteiger partial charge in [-0.2, -0.15) is 17.7 Å². The third kappa shape index (κ3) is 2.13. The molecule has 0 saturated heterocycles. The third-order valence-corrected chi connectivity index (χ3v) is 1.95. The average molecular weight is 210 g/mol. The molecule has 0 amide bonds. The molecule has 1 fully saturated rings. The van der Waals surface area contributed by atoms with Crippen molar-refractivity contribution >= 4 is 0 Å². The Morgan fingerprint density at radius 2 is 1.80 bits per heavy atom. The zero-order valence-corrected chi connectivity index (χ0v) is 8.47. The van der Waals surface area contributed by atoms with Gasteiger partial charge in [0.2, 0.25) is 0 Å². The molecule has 1 aromatic carbocycles. The molecule has 0 aromatic heterocycles. The summed E-state index contributed by atoms with van der Waals surface area (Å²) in [6.45, 7) is 0. The van der Waals surface area contributed by atoms with E-state index >= 15 is 0 Å². The molecule has 0 nitrogen and oxygen atoms in total. The van der Waals surface area contributed by atoms with Crippen molar-refractivity contribution in [3.63, 3.8) is 0 Å². The SMILES string of the molecule is [Zr].c1cc[c-](CC2CC2)c1. The fraction of sp³-hybridized carbons (Fsp3) is 0.444. The molecule has 0 heterocycles. The van der Waals surface area contributed by atoms with Gasteiger partial charge in [-0.25, -0.2) is 12.1 Å². The number of hydrogen-bond acceptors (Lipinski definition) is 0. The molecule has 1 aromatic rings. The van der Waals surface area contributed by atoms with Crippen LogP contribution in [0.15, 0.2) is 24.3 Å². The molecule has 0 atom stereocenters.